The molecule has 0 spiro atoms. The van der Waals surface area contributed by atoms with Crippen molar-refractivity contribution in [2.45, 2.75) is 29.1 Å². The first-order valence-corrected chi connectivity index (χ1v) is 8.82. The van der Waals surface area contributed by atoms with Crippen LogP contribution in [0.4, 0.5) is 11.4 Å². The molecule has 24 heavy (non-hydrogen) atoms. The number of aromatic amines is 1. The predicted octanol–water partition coefficient (Wildman–Crippen LogP) is 4.56. The molecule has 0 unspecified atom stereocenters. The molecule has 4 rings (SSSR count). The second-order valence-corrected chi connectivity index (χ2v) is 6.77. The first kappa shape index (κ1) is 15.0. The second-order valence-electron chi connectivity index (χ2n) is 5.69. The lowest BCUT2D eigenvalue weighted by molar-refractivity contribution is -0.118. The molecule has 1 N–H and O–H groups in total. The smallest absolute Gasteiger partial charge is 0.231 e. The number of hydrogen-bond acceptors (Lipinski definition) is 3. The van der Waals surface area contributed by atoms with E-state index in [4.69, 9.17) is 0 Å². The Morgan fingerprint density at radius 1 is 1.00 bits per heavy atom. The average molecular weight is 335 g/mol. The molecular weight excluding hydrogens is 318 g/mol. The van der Waals surface area contributed by atoms with Crippen LogP contribution >= 0.6 is 11.8 Å². The number of nitrogens with one attached hydrogen (secondary N) is 1. The molecule has 5 heteroatoms. The first-order chi connectivity index (χ1) is 11.8. The zero-order valence-corrected chi connectivity index (χ0v) is 13.9. The van der Waals surface area contributed by atoms with Crippen LogP contribution in [0.1, 0.15) is 18.5 Å². The number of rotatable bonds is 4. The normalized spacial score (nSPS) is 12.6. The Morgan fingerprint density at radius 3 is 2.29 bits per heavy atom. The van der Waals surface area contributed by atoms with Crippen LogP contribution < -0.4 is 4.90 Å². The maximum absolute atomic E-state index is 12.9. The summed E-state index contributed by atoms with van der Waals surface area (Å²) < 4.78 is 0. The van der Waals surface area contributed by atoms with E-state index < -0.39 is 0 Å². The van der Waals surface area contributed by atoms with Crippen LogP contribution in [0.15, 0.2) is 70.6 Å². The standard InChI is InChI=1S/C19H17N3OS/c23-19(11-5-6-14-12-13-20-21-14)22-15-7-1-3-9-17(15)24-18-10-4-2-8-16(18)22/h1-4,7-10,12-13H,5-6,11H2,(H,20,21). The van der Waals surface area contributed by atoms with Gasteiger partial charge in [-0.15, -0.1) is 0 Å². The molecule has 4 nitrogen and oxygen atoms in total. The number of anilines is 2. The van der Waals surface area contributed by atoms with Crippen molar-refractivity contribution in [3.8, 4) is 0 Å². The lowest BCUT2D eigenvalue weighted by Gasteiger charge is -2.31. The molecular formula is C19H17N3OS. The van der Waals surface area contributed by atoms with Gasteiger partial charge in [0, 0.05) is 22.4 Å². The molecule has 1 aliphatic heterocycles. The fraction of sp³-hybridized carbons (Fsp3) is 0.158. The molecule has 1 aliphatic rings. The van der Waals surface area contributed by atoms with Gasteiger partial charge in [0.1, 0.15) is 0 Å². The number of fused-ring (bicyclic) bond motifs is 2. The number of carbonyl (C=O) groups excluding carboxylic acids is 1. The number of para-hydroxylation sites is 2. The zero-order valence-electron chi connectivity index (χ0n) is 13.1. The number of benzene rings is 2. The Balaban J connectivity index is 1.58. The quantitative estimate of drug-likeness (QED) is 0.760. The fourth-order valence-electron chi connectivity index (χ4n) is 2.94. The number of H-pyrrole nitrogens is 1. The van der Waals surface area contributed by atoms with E-state index in [0.29, 0.717) is 6.42 Å². The number of carbonyl (C=O) groups is 1. The van der Waals surface area contributed by atoms with Crippen LogP contribution in [-0.2, 0) is 11.2 Å². The third kappa shape index (κ3) is 2.83. The topological polar surface area (TPSA) is 49.0 Å². The van der Waals surface area contributed by atoms with Gasteiger partial charge in [0.25, 0.3) is 0 Å². The van der Waals surface area contributed by atoms with Crippen LogP contribution in [-0.4, -0.2) is 16.1 Å². The molecule has 2 aromatic carbocycles. The van der Waals surface area contributed by atoms with Crippen LogP contribution in [0.25, 0.3) is 0 Å². The molecule has 120 valence electrons. The number of amides is 1. The Morgan fingerprint density at radius 2 is 1.67 bits per heavy atom. The fourth-order valence-corrected chi connectivity index (χ4v) is 3.99. The minimum absolute atomic E-state index is 0.130. The Kier molecular flexibility index (Phi) is 4.09. The maximum atomic E-state index is 12.9. The van der Waals surface area contributed by atoms with Gasteiger partial charge in [0.05, 0.1) is 17.1 Å². The predicted molar refractivity (Wildman–Crippen MR) is 95.7 cm³/mol. The highest BCUT2D eigenvalue weighted by atomic mass is 32.2. The van der Waals surface area contributed by atoms with Gasteiger partial charge < -0.3 is 0 Å². The molecule has 0 saturated heterocycles. The summed E-state index contributed by atoms with van der Waals surface area (Å²) in [4.78, 5) is 17.1. The number of hydrogen-bond donors (Lipinski definition) is 1. The molecule has 0 radical (unpaired) electrons. The van der Waals surface area contributed by atoms with Crippen molar-refractivity contribution >= 4 is 29.0 Å². The van der Waals surface area contributed by atoms with Crippen LogP contribution in [0.3, 0.4) is 0 Å². The molecule has 2 heterocycles. The summed E-state index contributed by atoms with van der Waals surface area (Å²) in [5, 5.41) is 6.95. The monoisotopic (exact) mass is 335 g/mol. The lowest BCUT2D eigenvalue weighted by atomic mass is 10.1. The summed E-state index contributed by atoms with van der Waals surface area (Å²) in [5.41, 5.74) is 2.95. The van der Waals surface area contributed by atoms with Crippen molar-refractivity contribution in [3.63, 3.8) is 0 Å². The summed E-state index contributed by atoms with van der Waals surface area (Å²) in [6, 6.07) is 18.1. The zero-order chi connectivity index (χ0) is 16.4. The van der Waals surface area contributed by atoms with Gasteiger partial charge in [-0.2, -0.15) is 5.10 Å². The van der Waals surface area contributed by atoms with Gasteiger partial charge in [0.2, 0.25) is 5.91 Å². The molecule has 0 atom stereocenters. The largest absolute Gasteiger partial charge is 0.285 e. The molecule has 0 bridgehead atoms. The maximum Gasteiger partial charge on any atom is 0.231 e. The van der Waals surface area contributed by atoms with Gasteiger partial charge in [-0.3, -0.25) is 14.8 Å². The van der Waals surface area contributed by atoms with E-state index >= 15 is 0 Å². The Labute approximate surface area is 144 Å². The summed E-state index contributed by atoms with van der Waals surface area (Å²) in [5.74, 6) is 0.130. The van der Waals surface area contributed by atoms with Crippen molar-refractivity contribution in [1.82, 2.24) is 10.2 Å². The third-order valence-electron chi connectivity index (χ3n) is 4.06. The van der Waals surface area contributed by atoms with Gasteiger partial charge >= 0.3 is 0 Å². The van der Waals surface area contributed by atoms with Crippen LogP contribution in [0.5, 0.6) is 0 Å². The molecule has 1 amide bonds. The Bertz CT molecular complexity index is 815. The highest BCUT2D eigenvalue weighted by Crippen LogP contribution is 2.48. The number of aromatic nitrogens is 2. The summed E-state index contributed by atoms with van der Waals surface area (Å²) in [7, 11) is 0. The van der Waals surface area contributed by atoms with E-state index in [2.05, 4.69) is 22.3 Å². The van der Waals surface area contributed by atoms with Gasteiger partial charge in [-0.25, -0.2) is 0 Å². The van der Waals surface area contributed by atoms with Crippen molar-refractivity contribution in [1.29, 1.82) is 0 Å². The highest BCUT2D eigenvalue weighted by Gasteiger charge is 2.27. The first-order valence-electron chi connectivity index (χ1n) is 8.00. The van der Waals surface area contributed by atoms with E-state index in [9.17, 15) is 4.79 Å². The minimum atomic E-state index is 0.130. The second kappa shape index (κ2) is 6.53. The van der Waals surface area contributed by atoms with E-state index in [1.807, 2.05) is 53.6 Å². The van der Waals surface area contributed by atoms with Crippen molar-refractivity contribution in [2.24, 2.45) is 0 Å². The molecule has 3 aromatic rings. The highest BCUT2D eigenvalue weighted by molar-refractivity contribution is 7.99. The van der Waals surface area contributed by atoms with E-state index in [1.54, 1.807) is 11.8 Å². The third-order valence-corrected chi connectivity index (χ3v) is 5.19. The van der Waals surface area contributed by atoms with Gasteiger partial charge in [0.15, 0.2) is 0 Å². The van der Waals surface area contributed by atoms with E-state index in [-0.39, 0.29) is 5.91 Å². The summed E-state index contributed by atoms with van der Waals surface area (Å²) >= 11 is 1.72. The van der Waals surface area contributed by atoms with Crippen molar-refractivity contribution < 1.29 is 4.79 Å². The summed E-state index contributed by atoms with van der Waals surface area (Å²) in [6.45, 7) is 0. The summed E-state index contributed by atoms with van der Waals surface area (Å²) in [6.07, 6.45) is 3.91. The van der Waals surface area contributed by atoms with Crippen LogP contribution in [0, 0.1) is 0 Å². The molecule has 0 fully saturated rings. The number of nitrogens with zero attached hydrogens (tertiary/aromatic N) is 2. The lowest BCUT2D eigenvalue weighted by Crippen LogP contribution is -2.28. The van der Waals surface area contributed by atoms with Crippen LogP contribution in [0.2, 0.25) is 0 Å². The minimum Gasteiger partial charge on any atom is -0.285 e. The van der Waals surface area contributed by atoms with Crippen molar-refractivity contribution in [2.75, 3.05) is 4.90 Å². The van der Waals surface area contributed by atoms with Crippen molar-refractivity contribution in [3.05, 3.63) is 66.5 Å². The van der Waals surface area contributed by atoms with Gasteiger partial charge in [-0.1, -0.05) is 36.0 Å². The SMILES string of the molecule is O=C(CCCc1cc[nH]n1)N1c2ccccc2Sc2ccccc21. The number of aryl methyl sites for hydroxylation is 1. The van der Waals surface area contributed by atoms with E-state index in [0.717, 1.165) is 39.7 Å². The van der Waals surface area contributed by atoms with E-state index in [1.165, 1.54) is 0 Å². The average Bonchev–Trinajstić information content (AvgIpc) is 3.13. The Hall–Kier alpha value is -2.53. The molecule has 0 aliphatic carbocycles. The van der Waals surface area contributed by atoms with Gasteiger partial charge in [-0.05, 0) is 43.2 Å². The molecule has 0 saturated carbocycles. The molecule has 1 aromatic heterocycles.